The highest BCUT2D eigenvalue weighted by Crippen LogP contribution is 2.41. The van der Waals surface area contributed by atoms with Crippen LogP contribution in [0, 0.1) is 0 Å². The van der Waals surface area contributed by atoms with Crippen LogP contribution in [0.5, 0.6) is 0 Å². The number of rotatable bonds is 4. The lowest BCUT2D eigenvalue weighted by atomic mass is 10.1. The molecule has 0 amide bonds. The summed E-state index contributed by atoms with van der Waals surface area (Å²) in [7, 11) is 0. The molecule has 28 heavy (non-hydrogen) atoms. The number of aromatic nitrogens is 3. The number of fused-ring (bicyclic) bond motifs is 2. The monoisotopic (exact) mass is 390 g/mol. The maximum atomic E-state index is 13.2. The zero-order valence-corrected chi connectivity index (χ0v) is 15.8. The minimum absolute atomic E-state index is 0.0555. The Bertz CT molecular complexity index is 1200. The molecule has 4 heterocycles. The number of para-hydroxylation sites is 1. The van der Waals surface area contributed by atoms with Gasteiger partial charge in [-0.3, -0.25) is 4.79 Å². The number of nitrogens with zero attached hydrogens (tertiary/aromatic N) is 3. The molecule has 5 rings (SSSR count). The molecule has 0 saturated heterocycles. The summed E-state index contributed by atoms with van der Waals surface area (Å²) in [5, 5.41) is 9.96. The Balaban J connectivity index is 1.71. The van der Waals surface area contributed by atoms with Crippen LogP contribution in [0.25, 0.3) is 10.9 Å². The minimum Gasteiger partial charge on any atom is -0.396 e. The summed E-state index contributed by atoms with van der Waals surface area (Å²) in [6, 6.07) is 13.3. The van der Waals surface area contributed by atoms with Crippen molar-refractivity contribution in [1.82, 2.24) is 15.0 Å². The van der Waals surface area contributed by atoms with Crippen molar-refractivity contribution in [1.29, 1.82) is 0 Å². The van der Waals surface area contributed by atoms with Gasteiger partial charge in [-0.2, -0.15) is 0 Å². The highest BCUT2D eigenvalue weighted by molar-refractivity contribution is 7.12. The maximum absolute atomic E-state index is 13.2. The Morgan fingerprint density at radius 3 is 2.79 bits per heavy atom. The number of H-pyrrole nitrogens is 1. The van der Waals surface area contributed by atoms with E-state index in [0.717, 1.165) is 26.5 Å². The van der Waals surface area contributed by atoms with E-state index in [-0.39, 0.29) is 18.1 Å². The topological polar surface area (TPSA) is 82.1 Å². The summed E-state index contributed by atoms with van der Waals surface area (Å²) in [5.74, 6) is 0.595. The first-order chi connectivity index (χ1) is 13.8. The smallest absolute Gasteiger partial charge is 0.226 e. The quantitative estimate of drug-likeness (QED) is 0.560. The van der Waals surface area contributed by atoms with Gasteiger partial charge in [-0.1, -0.05) is 12.1 Å². The van der Waals surface area contributed by atoms with E-state index in [2.05, 4.69) is 25.9 Å². The molecule has 1 atom stereocenters. The summed E-state index contributed by atoms with van der Waals surface area (Å²) in [6.45, 7) is 0.575. The van der Waals surface area contributed by atoms with E-state index in [1.807, 2.05) is 30.3 Å². The fraction of sp³-hybridized carbons (Fsp3) is 0.190. The zero-order chi connectivity index (χ0) is 19.1. The van der Waals surface area contributed by atoms with E-state index in [1.165, 1.54) is 0 Å². The van der Waals surface area contributed by atoms with Gasteiger partial charge in [0.15, 0.2) is 5.43 Å². The summed E-state index contributed by atoms with van der Waals surface area (Å²) < 4.78 is 0. The van der Waals surface area contributed by atoms with Crippen LogP contribution in [0.3, 0.4) is 0 Å². The lowest BCUT2D eigenvalue weighted by molar-refractivity contribution is 0.300. The molecule has 4 aromatic rings. The van der Waals surface area contributed by atoms with E-state index >= 15 is 0 Å². The molecule has 0 radical (unpaired) electrons. The Kier molecular flexibility index (Phi) is 4.18. The first kappa shape index (κ1) is 17.1. The average molecular weight is 390 g/mol. The Labute approximate surface area is 165 Å². The van der Waals surface area contributed by atoms with Crippen LogP contribution in [0.1, 0.15) is 27.1 Å². The van der Waals surface area contributed by atoms with Crippen LogP contribution in [-0.4, -0.2) is 26.7 Å². The van der Waals surface area contributed by atoms with Gasteiger partial charge in [-0.25, -0.2) is 9.97 Å². The van der Waals surface area contributed by atoms with Crippen LogP contribution in [0.4, 0.5) is 5.95 Å². The van der Waals surface area contributed by atoms with E-state index in [1.54, 1.807) is 29.8 Å². The lowest BCUT2D eigenvalue weighted by Crippen LogP contribution is -2.24. The standard InChI is InChI=1S/C21H18N4O2S/c26-11-8-13-6-7-17(28-13)19-18-15(12-25(19)21-22-9-3-10-23-21)20(27)14-4-1-2-5-16(14)24-18/h1-7,9-10,19,26H,8,11-12H2,(H,24,27). The number of benzene rings is 1. The van der Waals surface area contributed by atoms with Crippen molar-refractivity contribution >= 4 is 28.2 Å². The van der Waals surface area contributed by atoms with E-state index in [4.69, 9.17) is 0 Å². The molecule has 0 spiro atoms. The number of pyridine rings is 1. The van der Waals surface area contributed by atoms with Crippen LogP contribution in [0.15, 0.2) is 59.7 Å². The van der Waals surface area contributed by atoms with Crippen LogP contribution in [0.2, 0.25) is 0 Å². The second kappa shape index (κ2) is 6.85. The third-order valence-corrected chi connectivity index (χ3v) is 6.27. The van der Waals surface area contributed by atoms with Crippen molar-refractivity contribution < 1.29 is 5.11 Å². The Hall–Kier alpha value is -3.03. The average Bonchev–Trinajstić information content (AvgIpc) is 3.34. The second-order valence-corrected chi connectivity index (χ2v) is 7.95. The van der Waals surface area contributed by atoms with Crippen molar-refractivity contribution in [2.24, 2.45) is 0 Å². The number of aliphatic hydroxyl groups is 1. The zero-order valence-electron chi connectivity index (χ0n) is 15.0. The predicted octanol–water partition coefficient (Wildman–Crippen LogP) is 3.02. The number of aliphatic hydroxyl groups excluding tert-OH is 1. The Morgan fingerprint density at radius 1 is 1.14 bits per heavy atom. The van der Waals surface area contributed by atoms with Gasteiger partial charge < -0.3 is 15.0 Å². The molecule has 7 heteroatoms. The van der Waals surface area contributed by atoms with Crippen molar-refractivity contribution in [2.75, 3.05) is 11.5 Å². The fourth-order valence-electron chi connectivity index (χ4n) is 3.81. The van der Waals surface area contributed by atoms with Crippen LogP contribution < -0.4 is 10.3 Å². The molecule has 6 nitrogen and oxygen atoms in total. The molecular weight excluding hydrogens is 372 g/mol. The van der Waals surface area contributed by atoms with Crippen molar-refractivity contribution in [2.45, 2.75) is 19.0 Å². The van der Waals surface area contributed by atoms with Crippen molar-refractivity contribution in [3.05, 3.63) is 86.1 Å². The van der Waals surface area contributed by atoms with E-state index < -0.39 is 0 Å². The normalized spacial score (nSPS) is 15.9. The molecule has 1 aromatic carbocycles. The molecular formula is C21H18N4O2S. The first-order valence-electron chi connectivity index (χ1n) is 9.13. The van der Waals surface area contributed by atoms with E-state index in [0.29, 0.717) is 24.3 Å². The van der Waals surface area contributed by atoms with Gasteiger partial charge in [0.2, 0.25) is 5.95 Å². The molecule has 0 bridgehead atoms. The highest BCUT2D eigenvalue weighted by Gasteiger charge is 2.37. The third kappa shape index (κ3) is 2.71. The summed E-state index contributed by atoms with van der Waals surface area (Å²) in [6.07, 6.45) is 4.05. The molecule has 1 unspecified atom stereocenters. The molecule has 2 N–H and O–H groups in total. The highest BCUT2D eigenvalue weighted by atomic mass is 32.1. The molecule has 140 valence electrons. The van der Waals surface area contributed by atoms with Gasteiger partial charge >= 0.3 is 0 Å². The third-order valence-electron chi connectivity index (χ3n) is 5.07. The molecule has 0 fully saturated rings. The molecule has 0 saturated carbocycles. The summed E-state index contributed by atoms with van der Waals surface area (Å²) >= 11 is 1.65. The Morgan fingerprint density at radius 2 is 1.96 bits per heavy atom. The van der Waals surface area contributed by atoms with Crippen molar-refractivity contribution in [3.63, 3.8) is 0 Å². The van der Waals surface area contributed by atoms with E-state index in [9.17, 15) is 9.90 Å². The summed E-state index contributed by atoms with van der Waals surface area (Å²) in [4.78, 5) is 29.8. The largest absolute Gasteiger partial charge is 0.396 e. The van der Waals surface area contributed by atoms with Gasteiger partial charge in [-0.15, -0.1) is 11.3 Å². The van der Waals surface area contributed by atoms with Crippen LogP contribution >= 0.6 is 11.3 Å². The molecule has 1 aliphatic rings. The second-order valence-electron chi connectivity index (χ2n) is 6.75. The molecule has 3 aromatic heterocycles. The number of thiophene rings is 1. The van der Waals surface area contributed by atoms with Gasteiger partial charge in [-0.05, 0) is 30.3 Å². The molecule has 0 aliphatic carbocycles. The number of nitrogens with one attached hydrogen (secondary N) is 1. The number of aromatic amines is 1. The lowest BCUT2D eigenvalue weighted by Gasteiger charge is -2.24. The SMILES string of the molecule is O=c1c2c([nH]c3ccccc13)C(c1ccc(CCO)s1)N(c1ncccn1)C2. The number of hydrogen-bond donors (Lipinski definition) is 2. The number of anilines is 1. The maximum Gasteiger partial charge on any atom is 0.226 e. The van der Waals surface area contributed by atoms with Gasteiger partial charge in [0, 0.05) is 51.6 Å². The first-order valence-corrected chi connectivity index (χ1v) is 9.95. The van der Waals surface area contributed by atoms with Crippen molar-refractivity contribution in [3.8, 4) is 0 Å². The van der Waals surface area contributed by atoms with Crippen LogP contribution in [-0.2, 0) is 13.0 Å². The number of hydrogen-bond acceptors (Lipinski definition) is 6. The van der Waals surface area contributed by atoms with Gasteiger partial charge in [0.25, 0.3) is 0 Å². The molecule has 1 aliphatic heterocycles. The minimum atomic E-state index is -0.160. The predicted molar refractivity (Wildman–Crippen MR) is 110 cm³/mol. The fourth-order valence-corrected chi connectivity index (χ4v) is 4.94. The van der Waals surface area contributed by atoms with Gasteiger partial charge in [0.05, 0.1) is 12.2 Å². The summed E-state index contributed by atoms with van der Waals surface area (Å²) in [5.41, 5.74) is 2.54. The van der Waals surface area contributed by atoms with Gasteiger partial charge in [0.1, 0.15) is 6.04 Å².